The molecule has 0 aromatic heterocycles. The zero-order valence-corrected chi connectivity index (χ0v) is 60.4. The highest BCUT2D eigenvalue weighted by Gasteiger charge is 2.30. The average Bonchev–Trinajstić information content (AvgIpc) is 3.61. The molecule has 0 aliphatic heterocycles. The normalized spacial score (nSPS) is 14.5. The minimum absolute atomic E-state index is 0.104. The molecule has 0 aliphatic rings. The second-order valence-corrected chi connectivity index (χ2v) is 29.7. The number of ether oxygens (including phenoxy) is 4. The number of aliphatic hydroxyl groups is 1. The molecular formula is C71H138O17P2. The van der Waals surface area contributed by atoms with Crippen LogP contribution in [0.5, 0.6) is 0 Å². The minimum atomic E-state index is -4.95. The minimum Gasteiger partial charge on any atom is -0.462 e. The maximum absolute atomic E-state index is 13.0. The van der Waals surface area contributed by atoms with Crippen molar-refractivity contribution in [2.24, 2.45) is 17.8 Å². The maximum Gasteiger partial charge on any atom is 0.472 e. The molecule has 0 aromatic carbocycles. The van der Waals surface area contributed by atoms with Gasteiger partial charge in [-0.15, -0.1) is 0 Å². The largest absolute Gasteiger partial charge is 0.472 e. The van der Waals surface area contributed by atoms with E-state index in [1.165, 1.54) is 167 Å². The lowest BCUT2D eigenvalue weighted by atomic mass is 9.99. The number of phosphoric ester groups is 2. The van der Waals surface area contributed by atoms with Crippen LogP contribution < -0.4 is 0 Å². The molecule has 0 aromatic rings. The Labute approximate surface area is 549 Å². The van der Waals surface area contributed by atoms with Crippen LogP contribution in [-0.2, 0) is 65.4 Å². The predicted molar refractivity (Wildman–Crippen MR) is 363 cm³/mol. The highest BCUT2D eigenvalue weighted by molar-refractivity contribution is 7.47. The van der Waals surface area contributed by atoms with Gasteiger partial charge in [-0.3, -0.25) is 37.3 Å². The lowest BCUT2D eigenvalue weighted by Crippen LogP contribution is -2.30. The van der Waals surface area contributed by atoms with E-state index < -0.39 is 97.5 Å². The van der Waals surface area contributed by atoms with E-state index >= 15 is 0 Å². The van der Waals surface area contributed by atoms with Crippen molar-refractivity contribution in [2.75, 3.05) is 39.6 Å². The van der Waals surface area contributed by atoms with Crippen molar-refractivity contribution in [1.82, 2.24) is 0 Å². The molecule has 0 rings (SSSR count). The van der Waals surface area contributed by atoms with Gasteiger partial charge in [-0.05, 0) is 43.4 Å². The van der Waals surface area contributed by atoms with Gasteiger partial charge in [0.05, 0.1) is 26.4 Å². The molecule has 0 heterocycles. The van der Waals surface area contributed by atoms with Crippen molar-refractivity contribution >= 4 is 39.5 Å². The van der Waals surface area contributed by atoms with Crippen molar-refractivity contribution in [1.29, 1.82) is 0 Å². The molecular weight excluding hydrogens is 1190 g/mol. The third-order valence-electron chi connectivity index (χ3n) is 16.7. The Morgan fingerprint density at radius 2 is 0.567 bits per heavy atom. The maximum atomic E-state index is 13.0. The van der Waals surface area contributed by atoms with Crippen molar-refractivity contribution in [3.8, 4) is 0 Å². The van der Waals surface area contributed by atoms with Crippen LogP contribution in [0.1, 0.15) is 357 Å². The molecule has 6 atom stereocenters. The third kappa shape index (κ3) is 63.5. The Morgan fingerprint density at radius 3 is 0.844 bits per heavy atom. The van der Waals surface area contributed by atoms with Gasteiger partial charge in [0.1, 0.15) is 19.3 Å². The van der Waals surface area contributed by atoms with Gasteiger partial charge in [-0.2, -0.15) is 0 Å². The molecule has 0 radical (unpaired) electrons. The quantitative estimate of drug-likeness (QED) is 0.0222. The summed E-state index contributed by atoms with van der Waals surface area (Å²) >= 11 is 0. The van der Waals surface area contributed by atoms with Gasteiger partial charge in [0, 0.05) is 25.7 Å². The van der Waals surface area contributed by atoms with Gasteiger partial charge in [0.15, 0.2) is 12.2 Å². The van der Waals surface area contributed by atoms with Gasteiger partial charge in [0.2, 0.25) is 0 Å². The Bertz CT molecular complexity index is 1770. The molecule has 0 spiro atoms. The monoisotopic (exact) mass is 1320 g/mol. The summed E-state index contributed by atoms with van der Waals surface area (Å²) in [6.07, 6.45) is 45.7. The average molecular weight is 1330 g/mol. The first-order valence-electron chi connectivity index (χ1n) is 36.9. The number of aliphatic hydroxyl groups excluding tert-OH is 1. The zero-order chi connectivity index (χ0) is 66.6. The number of esters is 4. The highest BCUT2D eigenvalue weighted by atomic mass is 31.2. The number of hydrogen-bond donors (Lipinski definition) is 3. The van der Waals surface area contributed by atoms with Gasteiger partial charge < -0.3 is 33.8 Å². The van der Waals surface area contributed by atoms with Gasteiger partial charge >= 0.3 is 39.5 Å². The third-order valence-corrected chi connectivity index (χ3v) is 18.6. The zero-order valence-electron chi connectivity index (χ0n) is 58.6. The van der Waals surface area contributed by atoms with Gasteiger partial charge in [-0.1, -0.05) is 305 Å². The van der Waals surface area contributed by atoms with Crippen molar-refractivity contribution in [3.05, 3.63) is 0 Å². The Kier molecular flexibility index (Phi) is 60.6. The fraction of sp³-hybridized carbons (Fsp3) is 0.944. The van der Waals surface area contributed by atoms with E-state index in [1.807, 2.05) is 0 Å². The summed E-state index contributed by atoms with van der Waals surface area (Å²) in [5.74, 6) is 0.157. The Hall–Kier alpha value is -1.94. The lowest BCUT2D eigenvalue weighted by Gasteiger charge is -2.21. The molecule has 0 aliphatic carbocycles. The number of phosphoric acid groups is 2. The molecule has 0 amide bonds. The highest BCUT2D eigenvalue weighted by Crippen LogP contribution is 2.45. The second-order valence-electron chi connectivity index (χ2n) is 26.8. The Morgan fingerprint density at radius 1 is 0.322 bits per heavy atom. The van der Waals surface area contributed by atoms with Crippen LogP contribution >= 0.6 is 15.6 Å². The lowest BCUT2D eigenvalue weighted by molar-refractivity contribution is -0.161. The summed E-state index contributed by atoms with van der Waals surface area (Å²) < 4.78 is 68.3. The fourth-order valence-electron chi connectivity index (χ4n) is 10.7. The SMILES string of the molecule is CCCCCCCCCCCCCC(=O)OC[C@H](COP(=O)(O)OC[C@H](O)COP(=O)(O)OC[C@@H](COC(=O)CCCCCCCCCCC(C)CC)OC(=O)CCCCCCCCCCCCCCCC(C)C)OC(=O)CCCCCCCCCCC(C)C. The van der Waals surface area contributed by atoms with E-state index in [9.17, 15) is 43.2 Å². The summed E-state index contributed by atoms with van der Waals surface area (Å²) in [6.45, 7) is 11.8. The molecule has 0 saturated carbocycles. The first-order chi connectivity index (χ1) is 43.3. The molecule has 90 heavy (non-hydrogen) atoms. The molecule has 17 nitrogen and oxygen atoms in total. The smallest absolute Gasteiger partial charge is 0.462 e. The van der Waals surface area contributed by atoms with E-state index in [0.717, 1.165) is 108 Å². The van der Waals surface area contributed by atoms with E-state index in [1.54, 1.807) is 0 Å². The van der Waals surface area contributed by atoms with Crippen LogP contribution in [0.15, 0.2) is 0 Å². The van der Waals surface area contributed by atoms with E-state index in [0.29, 0.717) is 25.7 Å². The molecule has 3 N–H and O–H groups in total. The molecule has 3 unspecified atom stereocenters. The van der Waals surface area contributed by atoms with Crippen LogP contribution in [0, 0.1) is 17.8 Å². The summed E-state index contributed by atoms with van der Waals surface area (Å²) in [7, 11) is -9.90. The van der Waals surface area contributed by atoms with Crippen LogP contribution in [0.2, 0.25) is 0 Å². The predicted octanol–water partition coefficient (Wildman–Crippen LogP) is 20.2. The number of carbonyl (C=O) groups excluding carboxylic acids is 4. The molecule has 0 bridgehead atoms. The van der Waals surface area contributed by atoms with Gasteiger partial charge in [-0.25, -0.2) is 9.13 Å². The number of hydrogen-bond acceptors (Lipinski definition) is 15. The molecule has 534 valence electrons. The number of carbonyl (C=O) groups is 4. The first kappa shape index (κ1) is 88.1. The molecule has 19 heteroatoms. The number of rotatable bonds is 69. The van der Waals surface area contributed by atoms with Crippen LogP contribution in [-0.4, -0.2) is 96.7 Å². The topological polar surface area (TPSA) is 237 Å². The standard InChI is InChI=1S/C71H138O17P2/c1-8-10-11-12-13-14-18-22-31-38-45-52-68(73)81-58-67(88-71(76)55-48-41-34-26-24-29-36-43-50-63(5)6)61-86-90(79,80)84-57-65(72)56-83-89(77,78)85-60-66(59-82-69(74)53-46-39-32-27-25-30-37-44-51-64(7)9-2)87-70(75)54-47-40-33-23-20-17-15-16-19-21-28-35-42-49-62(3)4/h62-67,72H,8-61H2,1-7H3,(H,77,78)(H,79,80)/t64?,65-,66-,67-/m1/s1. The summed E-state index contributed by atoms with van der Waals surface area (Å²) in [5, 5.41) is 10.6. The van der Waals surface area contributed by atoms with Crippen molar-refractivity contribution < 1.29 is 80.2 Å². The fourth-order valence-corrected chi connectivity index (χ4v) is 12.3. The van der Waals surface area contributed by atoms with E-state index in [4.69, 9.17) is 37.0 Å². The van der Waals surface area contributed by atoms with Crippen LogP contribution in [0.3, 0.4) is 0 Å². The van der Waals surface area contributed by atoms with Crippen molar-refractivity contribution in [3.63, 3.8) is 0 Å². The Balaban J connectivity index is 5.25. The summed E-state index contributed by atoms with van der Waals surface area (Å²) in [6, 6.07) is 0. The second kappa shape index (κ2) is 61.9. The summed E-state index contributed by atoms with van der Waals surface area (Å²) in [5.41, 5.74) is 0. The molecule has 0 saturated heterocycles. The van der Waals surface area contributed by atoms with Crippen molar-refractivity contribution in [2.45, 2.75) is 375 Å². The first-order valence-corrected chi connectivity index (χ1v) is 39.9. The molecule has 0 fully saturated rings. The van der Waals surface area contributed by atoms with E-state index in [2.05, 4.69) is 48.5 Å². The summed E-state index contributed by atoms with van der Waals surface area (Å²) in [4.78, 5) is 72.6. The number of unbranched alkanes of at least 4 members (excludes halogenated alkanes) is 36. The van der Waals surface area contributed by atoms with E-state index in [-0.39, 0.29) is 25.7 Å². The van der Waals surface area contributed by atoms with Crippen LogP contribution in [0.4, 0.5) is 0 Å². The van der Waals surface area contributed by atoms with Crippen LogP contribution in [0.25, 0.3) is 0 Å². The van der Waals surface area contributed by atoms with Gasteiger partial charge in [0.25, 0.3) is 0 Å².